The molecule has 2 aromatic rings. The quantitative estimate of drug-likeness (QED) is 0.901. The maximum absolute atomic E-state index is 12.0. The summed E-state index contributed by atoms with van der Waals surface area (Å²) in [6.45, 7) is 3.65. The molecule has 1 aromatic carbocycles. The molecule has 0 unspecified atom stereocenters. The van der Waals surface area contributed by atoms with Gasteiger partial charge in [-0.1, -0.05) is 29.8 Å². The van der Waals surface area contributed by atoms with Crippen LogP contribution in [0, 0.1) is 0 Å². The van der Waals surface area contributed by atoms with Crippen LogP contribution in [0.3, 0.4) is 0 Å². The second-order valence-electron chi connectivity index (χ2n) is 4.65. The van der Waals surface area contributed by atoms with Gasteiger partial charge in [0.1, 0.15) is 11.6 Å². The van der Waals surface area contributed by atoms with Gasteiger partial charge in [0, 0.05) is 10.0 Å². The second kappa shape index (κ2) is 5.66. The Bertz CT molecular complexity index is 695. The van der Waals surface area contributed by atoms with E-state index >= 15 is 0 Å². The fourth-order valence-corrected chi connectivity index (χ4v) is 2.37. The number of nitrogens with one attached hydrogen (secondary N) is 1. The Morgan fingerprint density at radius 2 is 2.10 bits per heavy atom. The van der Waals surface area contributed by atoms with Gasteiger partial charge < -0.3 is 14.8 Å². The molecule has 0 saturated carbocycles. The van der Waals surface area contributed by atoms with Crippen LogP contribution in [0.25, 0.3) is 11.4 Å². The van der Waals surface area contributed by atoms with Crippen LogP contribution in [0.15, 0.2) is 27.5 Å². The van der Waals surface area contributed by atoms with Gasteiger partial charge in [0.2, 0.25) is 5.88 Å². The van der Waals surface area contributed by atoms with E-state index in [9.17, 15) is 9.90 Å². The first-order valence-electron chi connectivity index (χ1n) is 6.11. The standard InChI is InChI=1S/C14H15BrN2O3/c1-7(2)11-13(18)16-12(17-14(11)19)9-6-8(20-3)4-5-10(9)15/h4-7H,1-3H3,(H2,16,17,18,19). The summed E-state index contributed by atoms with van der Waals surface area (Å²) in [5, 5.41) is 9.94. The van der Waals surface area contributed by atoms with E-state index < -0.39 is 0 Å². The van der Waals surface area contributed by atoms with Crippen molar-refractivity contribution in [2.75, 3.05) is 7.11 Å². The fraction of sp³-hybridized carbons (Fsp3) is 0.286. The average Bonchev–Trinajstić information content (AvgIpc) is 2.37. The molecule has 1 heterocycles. The first kappa shape index (κ1) is 14.6. The molecule has 6 heteroatoms. The fourth-order valence-electron chi connectivity index (χ4n) is 1.93. The molecule has 2 rings (SSSR count). The minimum absolute atomic E-state index is 0.103. The predicted octanol–water partition coefficient (Wildman–Crippen LogP) is 3.04. The van der Waals surface area contributed by atoms with Crippen molar-refractivity contribution in [3.63, 3.8) is 0 Å². The number of nitrogens with zero attached hydrogens (tertiary/aromatic N) is 1. The number of aromatic nitrogens is 2. The largest absolute Gasteiger partial charge is 0.497 e. The number of hydrogen-bond donors (Lipinski definition) is 2. The van der Waals surface area contributed by atoms with Crippen molar-refractivity contribution < 1.29 is 9.84 Å². The van der Waals surface area contributed by atoms with Crippen molar-refractivity contribution >= 4 is 15.9 Å². The Balaban J connectivity index is 2.63. The van der Waals surface area contributed by atoms with E-state index in [0.29, 0.717) is 17.1 Å². The summed E-state index contributed by atoms with van der Waals surface area (Å²) in [4.78, 5) is 18.8. The zero-order valence-corrected chi connectivity index (χ0v) is 13.0. The summed E-state index contributed by atoms with van der Waals surface area (Å²) in [5.74, 6) is 0.587. The highest BCUT2D eigenvalue weighted by atomic mass is 79.9. The van der Waals surface area contributed by atoms with Gasteiger partial charge >= 0.3 is 0 Å². The number of H-pyrrole nitrogens is 1. The van der Waals surface area contributed by atoms with Crippen LogP contribution in [0.5, 0.6) is 11.6 Å². The van der Waals surface area contributed by atoms with E-state index in [2.05, 4.69) is 25.9 Å². The average molecular weight is 339 g/mol. The summed E-state index contributed by atoms with van der Waals surface area (Å²) >= 11 is 3.39. The first-order chi connectivity index (χ1) is 9.43. The maximum Gasteiger partial charge on any atom is 0.258 e. The van der Waals surface area contributed by atoms with Gasteiger partial charge in [-0.3, -0.25) is 4.79 Å². The van der Waals surface area contributed by atoms with Gasteiger partial charge in [-0.25, -0.2) is 0 Å². The van der Waals surface area contributed by atoms with E-state index in [4.69, 9.17) is 4.74 Å². The Labute approximate surface area is 124 Å². The third-order valence-electron chi connectivity index (χ3n) is 2.94. The van der Waals surface area contributed by atoms with Crippen LogP contribution in [-0.2, 0) is 0 Å². The Morgan fingerprint density at radius 1 is 1.40 bits per heavy atom. The van der Waals surface area contributed by atoms with Crippen molar-refractivity contribution in [3.8, 4) is 23.0 Å². The van der Waals surface area contributed by atoms with E-state index in [0.717, 1.165) is 4.47 Å². The summed E-state index contributed by atoms with van der Waals surface area (Å²) in [5.41, 5.74) is 0.594. The van der Waals surface area contributed by atoms with Gasteiger partial charge in [0.25, 0.3) is 5.56 Å². The number of ether oxygens (including phenoxy) is 1. The zero-order chi connectivity index (χ0) is 14.9. The van der Waals surface area contributed by atoms with E-state index in [1.807, 2.05) is 13.8 Å². The molecule has 0 aliphatic carbocycles. The minimum atomic E-state index is -0.336. The van der Waals surface area contributed by atoms with Gasteiger partial charge in [0.15, 0.2) is 0 Å². The van der Waals surface area contributed by atoms with Gasteiger partial charge in [-0.15, -0.1) is 0 Å². The van der Waals surface area contributed by atoms with Crippen LogP contribution >= 0.6 is 15.9 Å². The second-order valence-corrected chi connectivity index (χ2v) is 5.51. The highest BCUT2D eigenvalue weighted by Gasteiger charge is 2.16. The third-order valence-corrected chi connectivity index (χ3v) is 3.63. The summed E-state index contributed by atoms with van der Waals surface area (Å²) < 4.78 is 5.90. The summed E-state index contributed by atoms with van der Waals surface area (Å²) in [6.07, 6.45) is 0. The number of aromatic amines is 1. The lowest BCUT2D eigenvalue weighted by molar-refractivity contribution is 0.414. The Hall–Kier alpha value is -1.82. The van der Waals surface area contributed by atoms with Crippen LogP contribution < -0.4 is 10.3 Å². The molecule has 0 radical (unpaired) electrons. The molecular weight excluding hydrogens is 324 g/mol. The Kier molecular flexibility index (Phi) is 4.13. The lowest BCUT2D eigenvalue weighted by Crippen LogP contribution is -2.16. The van der Waals surface area contributed by atoms with E-state index in [1.165, 1.54) is 0 Å². The molecule has 106 valence electrons. The highest BCUT2D eigenvalue weighted by Crippen LogP contribution is 2.30. The van der Waals surface area contributed by atoms with E-state index in [1.54, 1.807) is 25.3 Å². The normalized spacial score (nSPS) is 10.8. The molecule has 0 fully saturated rings. The molecule has 0 atom stereocenters. The number of aromatic hydroxyl groups is 1. The van der Waals surface area contributed by atoms with Crippen LogP contribution in [0.1, 0.15) is 25.3 Å². The molecule has 0 saturated heterocycles. The molecule has 5 nitrogen and oxygen atoms in total. The van der Waals surface area contributed by atoms with Gasteiger partial charge in [0.05, 0.1) is 12.7 Å². The van der Waals surface area contributed by atoms with Crippen molar-refractivity contribution in [1.82, 2.24) is 9.97 Å². The molecular formula is C14H15BrN2O3. The molecule has 20 heavy (non-hydrogen) atoms. The van der Waals surface area contributed by atoms with Gasteiger partial charge in [-0.05, 0) is 24.1 Å². The number of methoxy groups -OCH3 is 1. The van der Waals surface area contributed by atoms with Crippen molar-refractivity contribution in [2.24, 2.45) is 0 Å². The minimum Gasteiger partial charge on any atom is -0.497 e. The number of benzene rings is 1. The lowest BCUT2D eigenvalue weighted by Gasteiger charge is -2.10. The molecule has 0 amide bonds. The molecule has 0 spiro atoms. The third kappa shape index (κ3) is 2.70. The number of halogens is 1. The van der Waals surface area contributed by atoms with Gasteiger partial charge in [-0.2, -0.15) is 4.98 Å². The summed E-state index contributed by atoms with van der Waals surface area (Å²) in [6, 6.07) is 5.31. The van der Waals surface area contributed by atoms with Crippen molar-refractivity contribution in [2.45, 2.75) is 19.8 Å². The molecule has 0 aliphatic heterocycles. The Morgan fingerprint density at radius 3 is 2.65 bits per heavy atom. The molecule has 0 aliphatic rings. The molecule has 1 aromatic heterocycles. The topological polar surface area (TPSA) is 75.2 Å². The smallest absolute Gasteiger partial charge is 0.258 e. The molecule has 0 bridgehead atoms. The van der Waals surface area contributed by atoms with Crippen molar-refractivity contribution in [3.05, 3.63) is 38.6 Å². The maximum atomic E-state index is 12.0. The monoisotopic (exact) mass is 338 g/mol. The predicted molar refractivity (Wildman–Crippen MR) is 80.3 cm³/mol. The lowest BCUT2D eigenvalue weighted by atomic mass is 10.1. The van der Waals surface area contributed by atoms with Crippen LogP contribution in [0.2, 0.25) is 0 Å². The highest BCUT2D eigenvalue weighted by molar-refractivity contribution is 9.10. The summed E-state index contributed by atoms with van der Waals surface area (Å²) in [7, 11) is 1.56. The SMILES string of the molecule is COc1ccc(Br)c(-c2nc(O)c(C(C)C)c(=O)[nH]2)c1. The number of hydrogen-bond acceptors (Lipinski definition) is 4. The zero-order valence-electron chi connectivity index (χ0n) is 11.4. The number of rotatable bonds is 3. The van der Waals surface area contributed by atoms with E-state index in [-0.39, 0.29) is 22.9 Å². The molecule has 2 N–H and O–H groups in total. The van der Waals surface area contributed by atoms with Crippen LogP contribution in [0.4, 0.5) is 0 Å². The van der Waals surface area contributed by atoms with Crippen LogP contribution in [-0.4, -0.2) is 22.2 Å². The first-order valence-corrected chi connectivity index (χ1v) is 6.90. The van der Waals surface area contributed by atoms with Crippen molar-refractivity contribution in [1.29, 1.82) is 0 Å².